The van der Waals surface area contributed by atoms with Crippen LogP contribution in [0.1, 0.15) is 85.5 Å². The standard InChI is InChI=1S/C23H39O5P/c1-15-7-10-21(2)16(13-15)5-6-18-17(21)8-11-23(4)19(9-12-22(18,23)3)20(24)14-28-29(25,26)27/h15-19H,5-14H2,1-4H3,(H2,25,26,27)/t15-,16?,17?,18+,19+,21-,22-,23+/m0/s1. The van der Waals surface area contributed by atoms with Crippen LogP contribution in [-0.4, -0.2) is 22.2 Å². The summed E-state index contributed by atoms with van der Waals surface area (Å²) >= 11 is 0. The first kappa shape index (κ1) is 22.0. The Morgan fingerprint density at radius 2 is 1.66 bits per heavy atom. The van der Waals surface area contributed by atoms with Crippen LogP contribution in [0.3, 0.4) is 0 Å². The summed E-state index contributed by atoms with van der Waals surface area (Å²) in [6.07, 6.45) is 10.8. The fourth-order valence-electron chi connectivity index (χ4n) is 8.64. The Hall–Kier alpha value is -0.220. The first-order chi connectivity index (χ1) is 13.4. The van der Waals surface area contributed by atoms with Crippen LogP contribution in [0.25, 0.3) is 0 Å². The molecule has 0 aromatic heterocycles. The van der Waals surface area contributed by atoms with Crippen molar-refractivity contribution in [1.29, 1.82) is 0 Å². The van der Waals surface area contributed by atoms with Gasteiger partial charge in [0.2, 0.25) is 0 Å². The molecule has 4 rings (SSSR count). The molecule has 4 saturated carbocycles. The lowest BCUT2D eigenvalue weighted by atomic mass is 9.40. The summed E-state index contributed by atoms with van der Waals surface area (Å²) < 4.78 is 15.7. The topological polar surface area (TPSA) is 83.8 Å². The largest absolute Gasteiger partial charge is 0.470 e. The molecule has 0 aromatic carbocycles. The molecule has 0 bridgehead atoms. The number of rotatable bonds is 4. The van der Waals surface area contributed by atoms with E-state index in [1.807, 2.05) is 0 Å². The maximum Gasteiger partial charge on any atom is 0.470 e. The van der Waals surface area contributed by atoms with Crippen molar-refractivity contribution >= 4 is 13.6 Å². The van der Waals surface area contributed by atoms with Crippen molar-refractivity contribution in [3.8, 4) is 0 Å². The quantitative estimate of drug-likeness (QED) is 0.592. The van der Waals surface area contributed by atoms with Gasteiger partial charge in [0.1, 0.15) is 6.61 Å². The third kappa shape index (κ3) is 3.39. The molecule has 166 valence electrons. The molecule has 0 aliphatic heterocycles. The van der Waals surface area contributed by atoms with E-state index in [9.17, 15) is 9.36 Å². The van der Waals surface area contributed by atoms with E-state index < -0.39 is 14.4 Å². The van der Waals surface area contributed by atoms with Gasteiger partial charge in [-0.1, -0.05) is 34.1 Å². The second-order valence-corrected chi connectivity index (χ2v) is 12.8. The fraction of sp³-hybridized carbons (Fsp3) is 0.957. The highest BCUT2D eigenvalue weighted by atomic mass is 31.2. The average molecular weight is 427 g/mol. The minimum atomic E-state index is -4.61. The van der Waals surface area contributed by atoms with E-state index in [1.54, 1.807) is 0 Å². The van der Waals surface area contributed by atoms with Crippen LogP contribution >= 0.6 is 7.82 Å². The van der Waals surface area contributed by atoms with Gasteiger partial charge in [-0.3, -0.25) is 9.32 Å². The van der Waals surface area contributed by atoms with Crippen molar-refractivity contribution in [3.05, 3.63) is 0 Å². The zero-order valence-electron chi connectivity index (χ0n) is 18.5. The summed E-state index contributed by atoms with van der Waals surface area (Å²) in [5, 5.41) is 0. The van der Waals surface area contributed by atoms with Crippen molar-refractivity contribution in [3.63, 3.8) is 0 Å². The highest BCUT2D eigenvalue weighted by Gasteiger charge is 2.66. The molecule has 0 aromatic rings. The molecule has 4 aliphatic carbocycles. The lowest BCUT2D eigenvalue weighted by Gasteiger charge is -2.64. The van der Waals surface area contributed by atoms with Gasteiger partial charge in [-0.15, -0.1) is 0 Å². The minimum absolute atomic E-state index is 0.0886. The molecular weight excluding hydrogens is 387 g/mol. The molecule has 0 saturated heterocycles. The lowest BCUT2D eigenvalue weighted by Crippen LogP contribution is -2.58. The number of carbonyl (C=O) groups excluding carboxylic acids is 1. The summed E-state index contributed by atoms with van der Waals surface area (Å²) in [6, 6.07) is 0. The molecule has 2 N–H and O–H groups in total. The molecule has 5 nitrogen and oxygen atoms in total. The molecular formula is C23H39O5P. The highest BCUT2D eigenvalue weighted by molar-refractivity contribution is 7.46. The van der Waals surface area contributed by atoms with E-state index in [4.69, 9.17) is 9.79 Å². The van der Waals surface area contributed by atoms with Crippen molar-refractivity contribution in [1.82, 2.24) is 0 Å². The molecule has 0 spiro atoms. The van der Waals surface area contributed by atoms with Gasteiger partial charge in [0.15, 0.2) is 5.78 Å². The summed E-state index contributed by atoms with van der Waals surface area (Å²) in [6.45, 7) is 9.23. The van der Waals surface area contributed by atoms with Gasteiger partial charge < -0.3 is 9.79 Å². The van der Waals surface area contributed by atoms with Gasteiger partial charge in [-0.2, -0.15) is 0 Å². The molecule has 2 unspecified atom stereocenters. The Bertz CT molecular complexity index is 718. The zero-order valence-corrected chi connectivity index (χ0v) is 19.4. The number of hydrogen-bond acceptors (Lipinski definition) is 3. The van der Waals surface area contributed by atoms with E-state index in [0.29, 0.717) is 11.3 Å². The number of hydrogen-bond donors (Lipinski definition) is 2. The van der Waals surface area contributed by atoms with Crippen LogP contribution < -0.4 is 0 Å². The molecule has 4 aliphatic rings. The second kappa shape index (κ2) is 7.15. The molecule has 4 fully saturated rings. The van der Waals surface area contributed by atoms with Crippen LogP contribution in [0.5, 0.6) is 0 Å². The van der Waals surface area contributed by atoms with Crippen LogP contribution in [0.15, 0.2) is 0 Å². The molecule has 29 heavy (non-hydrogen) atoms. The summed E-state index contributed by atoms with van der Waals surface area (Å²) in [5.74, 6) is 2.87. The highest BCUT2D eigenvalue weighted by Crippen LogP contribution is 2.72. The van der Waals surface area contributed by atoms with Gasteiger partial charge >= 0.3 is 7.82 Å². The van der Waals surface area contributed by atoms with Crippen LogP contribution in [0.4, 0.5) is 0 Å². The Balaban J connectivity index is 1.57. The molecule has 0 heterocycles. The summed E-state index contributed by atoms with van der Waals surface area (Å²) in [7, 11) is -4.61. The van der Waals surface area contributed by atoms with Gasteiger partial charge in [-0.05, 0) is 91.3 Å². The van der Waals surface area contributed by atoms with E-state index in [-0.39, 0.29) is 22.5 Å². The number of phosphoric acid groups is 1. The Morgan fingerprint density at radius 1 is 0.966 bits per heavy atom. The van der Waals surface area contributed by atoms with Crippen LogP contribution in [0, 0.1) is 45.8 Å². The lowest BCUT2D eigenvalue weighted by molar-refractivity contribution is -0.162. The third-order valence-corrected chi connectivity index (χ3v) is 11.0. The first-order valence-electron chi connectivity index (χ1n) is 11.6. The van der Waals surface area contributed by atoms with Crippen molar-refractivity contribution in [2.75, 3.05) is 6.61 Å². The van der Waals surface area contributed by atoms with Gasteiger partial charge in [0.05, 0.1) is 0 Å². The Morgan fingerprint density at radius 3 is 2.34 bits per heavy atom. The number of fused-ring (bicyclic) bond motifs is 5. The van der Waals surface area contributed by atoms with E-state index in [1.165, 1.54) is 38.5 Å². The SMILES string of the molecule is C[C@H]1CC[C@@]2(C)C(CC[C@@H]3C2CC[C@]2(C)[C@@H](C(=O)COP(=O)(O)O)CC[C@@]32C)C1. The maximum absolute atomic E-state index is 12.9. The maximum atomic E-state index is 12.9. The number of phosphoric ester groups is 1. The number of ketones is 1. The predicted molar refractivity (Wildman–Crippen MR) is 112 cm³/mol. The van der Waals surface area contributed by atoms with E-state index in [2.05, 4.69) is 32.2 Å². The van der Waals surface area contributed by atoms with Crippen LogP contribution in [-0.2, 0) is 13.9 Å². The van der Waals surface area contributed by atoms with Gasteiger partial charge in [-0.25, -0.2) is 4.57 Å². The average Bonchev–Trinajstić information content (AvgIpc) is 2.91. The van der Waals surface area contributed by atoms with E-state index in [0.717, 1.165) is 37.0 Å². The number of carbonyl (C=O) groups is 1. The monoisotopic (exact) mass is 426 g/mol. The smallest absolute Gasteiger partial charge is 0.303 e. The molecule has 8 atom stereocenters. The molecule has 6 heteroatoms. The second-order valence-electron chi connectivity index (χ2n) is 11.6. The number of Topliss-reactive ketones (excluding diaryl/α,β-unsaturated/α-hetero) is 1. The van der Waals surface area contributed by atoms with E-state index >= 15 is 0 Å². The fourth-order valence-corrected chi connectivity index (χ4v) is 8.94. The minimum Gasteiger partial charge on any atom is -0.303 e. The van der Waals surface area contributed by atoms with Gasteiger partial charge in [0.25, 0.3) is 0 Å². The van der Waals surface area contributed by atoms with Crippen molar-refractivity contribution < 1.29 is 23.7 Å². The third-order valence-electron chi connectivity index (χ3n) is 10.5. The normalized spacial score (nSPS) is 49.8. The Labute approximate surface area is 175 Å². The van der Waals surface area contributed by atoms with Gasteiger partial charge in [0, 0.05) is 5.92 Å². The predicted octanol–water partition coefficient (Wildman–Crippen LogP) is 5.35. The van der Waals surface area contributed by atoms with Crippen molar-refractivity contribution in [2.24, 2.45) is 45.8 Å². The summed E-state index contributed by atoms with van der Waals surface area (Å²) in [5.41, 5.74) is 0.496. The van der Waals surface area contributed by atoms with Crippen LogP contribution in [0.2, 0.25) is 0 Å². The zero-order chi connectivity index (χ0) is 21.2. The van der Waals surface area contributed by atoms with Crippen molar-refractivity contribution in [2.45, 2.75) is 85.5 Å². The Kier molecular flexibility index (Phi) is 5.42. The molecule has 0 amide bonds. The summed E-state index contributed by atoms with van der Waals surface area (Å²) in [4.78, 5) is 30.9. The molecule has 0 radical (unpaired) electrons. The first-order valence-corrected chi connectivity index (χ1v) is 13.2.